The Hall–Kier alpha value is -1.27. The third-order valence-corrected chi connectivity index (χ3v) is 6.83. The molecule has 2 nitrogen and oxygen atoms in total. The number of thiazole rings is 1. The fourth-order valence-electron chi connectivity index (χ4n) is 2.48. The van der Waals surface area contributed by atoms with Gasteiger partial charge in [-0.15, -0.1) is 34.0 Å². The third-order valence-electron chi connectivity index (χ3n) is 3.57. The molecule has 0 fully saturated rings. The molecule has 0 aliphatic carbocycles. The first-order valence-electron chi connectivity index (χ1n) is 6.82. The van der Waals surface area contributed by atoms with Crippen molar-refractivity contribution in [1.29, 1.82) is 0 Å². The molecule has 21 heavy (non-hydrogen) atoms. The first-order chi connectivity index (χ1) is 10.3. The molecule has 106 valence electrons. The van der Waals surface area contributed by atoms with Gasteiger partial charge in [-0.2, -0.15) is 0 Å². The molecule has 0 saturated carbocycles. The number of benzene rings is 1. The predicted octanol–water partition coefficient (Wildman–Crippen LogP) is 5.08. The molecule has 0 aliphatic rings. The average molecular weight is 331 g/mol. The Morgan fingerprint density at radius 2 is 2.00 bits per heavy atom. The fraction of sp³-hybridized carbons (Fsp3) is 0.188. The van der Waals surface area contributed by atoms with E-state index in [4.69, 9.17) is 4.98 Å². The number of hydrogen-bond donors (Lipinski definition) is 1. The van der Waals surface area contributed by atoms with Crippen LogP contribution in [0.4, 0.5) is 0 Å². The molecule has 0 saturated heterocycles. The molecule has 0 amide bonds. The van der Waals surface area contributed by atoms with Gasteiger partial charge >= 0.3 is 0 Å². The SMILES string of the molecule is CNC(Cc1nc2ccccc2s1)c1cc2sccc2s1. The summed E-state index contributed by atoms with van der Waals surface area (Å²) in [5.74, 6) is 0. The summed E-state index contributed by atoms with van der Waals surface area (Å²) in [7, 11) is 2.03. The summed E-state index contributed by atoms with van der Waals surface area (Å²) in [6, 6.07) is 13.2. The lowest BCUT2D eigenvalue weighted by Gasteiger charge is -2.12. The normalized spacial score (nSPS) is 13.2. The van der Waals surface area contributed by atoms with Crippen molar-refractivity contribution in [2.45, 2.75) is 12.5 Å². The minimum absolute atomic E-state index is 0.343. The highest BCUT2D eigenvalue weighted by atomic mass is 32.1. The topological polar surface area (TPSA) is 24.9 Å². The van der Waals surface area contributed by atoms with E-state index in [1.54, 1.807) is 11.3 Å². The lowest BCUT2D eigenvalue weighted by molar-refractivity contribution is 0.601. The van der Waals surface area contributed by atoms with Crippen LogP contribution in [0.25, 0.3) is 19.6 Å². The molecule has 3 aromatic heterocycles. The molecule has 4 rings (SSSR count). The van der Waals surface area contributed by atoms with Gasteiger partial charge in [0.2, 0.25) is 0 Å². The molecule has 3 heterocycles. The third kappa shape index (κ3) is 2.51. The van der Waals surface area contributed by atoms with Gasteiger partial charge in [-0.05, 0) is 36.7 Å². The maximum Gasteiger partial charge on any atom is 0.0957 e. The summed E-state index contributed by atoms with van der Waals surface area (Å²) in [4.78, 5) is 6.15. The molecule has 5 heteroatoms. The number of thiophene rings is 2. The first-order valence-corrected chi connectivity index (χ1v) is 9.33. The van der Waals surface area contributed by atoms with E-state index in [0.717, 1.165) is 11.9 Å². The molecule has 0 bridgehead atoms. The maximum absolute atomic E-state index is 4.75. The number of para-hydroxylation sites is 1. The highest BCUT2D eigenvalue weighted by Gasteiger charge is 2.16. The van der Waals surface area contributed by atoms with Crippen molar-refractivity contribution < 1.29 is 0 Å². The van der Waals surface area contributed by atoms with Crippen molar-refractivity contribution in [1.82, 2.24) is 10.3 Å². The number of nitrogens with one attached hydrogen (secondary N) is 1. The van der Waals surface area contributed by atoms with Crippen molar-refractivity contribution in [2.75, 3.05) is 7.05 Å². The lowest BCUT2D eigenvalue weighted by Crippen LogP contribution is -2.17. The zero-order chi connectivity index (χ0) is 14.2. The Morgan fingerprint density at radius 1 is 1.10 bits per heavy atom. The Bertz CT molecular complexity index is 825. The second-order valence-electron chi connectivity index (χ2n) is 4.92. The largest absolute Gasteiger partial charge is 0.312 e. The number of nitrogens with zero attached hydrogens (tertiary/aromatic N) is 1. The van der Waals surface area contributed by atoms with E-state index in [1.807, 2.05) is 29.7 Å². The molecule has 1 N–H and O–H groups in total. The van der Waals surface area contributed by atoms with Crippen LogP contribution in [-0.4, -0.2) is 12.0 Å². The summed E-state index contributed by atoms with van der Waals surface area (Å²) in [6.45, 7) is 0. The van der Waals surface area contributed by atoms with Crippen LogP contribution in [0.1, 0.15) is 15.9 Å². The number of rotatable bonds is 4. The summed E-state index contributed by atoms with van der Waals surface area (Å²) in [5.41, 5.74) is 1.11. The quantitative estimate of drug-likeness (QED) is 0.565. The van der Waals surface area contributed by atoms with Gasteiger partial charge in [0.25, 0.3) is 0 Å². The second-order valence-corrected chi connectivity index (χ2v) is 8.10. The van der Waals surface area contributed by atoms with Crippen LogP contribution in [-0.2, 0) is 6.42 Å². The summed E-state index contributed by atoms with van der Waals surface area (Å²) in [6.07, 6.45) is 0.948. The van der Waals surface area contributed by atoms with Gasteiger partial charge < -0.3 is 5.32 Å². The van der Waals surface area contributed by atoms with Crippen molar-refractivity contribution in [3.05, 3.63) is 51.7 Å². The van der Waals surface area contributed by atoms with Crippen LogP contribution < -0.4 is 5.32 Å². The van der Waals surface area contributed by atoms with Crippen molar-refractivity contribution in [2.24, 2.45) is 0 Å². The standard InChI is InChI=1S/C16H14N2S3/c1-17-11(14-9-15-13(20-14)6-7-19-15)8-16-18-10-4-2-3-5-12(10)21-16/h2-7,9,11,17H,8H2,1H3. The molecular weight excluding hydrogens is 316 g/mol. The van der Waals surface area contributed by atoms with Gasteiger partial charge in [-0.1, -0.05) is 12.1 Å². The van der Waals surface area contributed by atoms with Gasteiger partial charge in [-0.25, -0.2) is 4.98 Å². The Labute approximate surface area is 135 Å². The Balaban J connectivity index is 1.65. The van der Waals surface area contributed by atoms with E-state index in [1.165, 1.54) is 24.0 Å². The van der Waals surface area contributed by atoms with Crippen LogP contribution in [0.5, 0.6) is 0 Å². The van der Waals surface area contributed by atoms with E-state index in [0.29, 0.717) is 6.04 Å². The molecule has 0 spiro atoms. The number of likely N-dealkylation sites (N-methyl/N-ethyl adjacent to an activating group) is 1. The molecule has 4 aromatic rings. The predicted molar refractivity (Wildman–Crippen MR) is 94.8 cm³/mol. The molecule has 0 aliphatic heterocycles. The van der Waals surface area contributed by atoms with Gasteiger partial charge in [0.15, 0.2) is 0 Å². The molecule has 1 atom stereocenters. The van der Waals surface area contributed by atoms with Gasteiger partial charge in [0.05, 0.1) is 15.2 Å². The van der Waals surface area contributed by atoms with E-state index in [-0.39, 0.29) is 0 Å². The first kappa shape index (κ1) is 13.4. The smallest absolute Gasteiger partial charge is 0.0957 e. The van der Waals surface area contributed by atoms with Gasteiger partial charge in [0, 0.05) is 26.7 Å². The van der Waals surface area contributed by atoms with E-state index >= 15 is 0 Å². The van der Waals surface area contributed by atoms with Gasteiger partial charge in [0.1, 0.15) is 0 Å². The monoisotopic (exact) mass is 330 g/mol. The van der Waals surface area contributed by atoms with E-state index in [9.17, 15) is 0 Å². The van der Waals surface area contributed by atoms with Gasteiger partial charge in [-0.3, -0.25) is 0 Å². The van der Waals surface area contributed by atoms with Crippen LogP contribution in [0.2, 0.25) is 0 Å². The fourth-order valence-corrected chi connectivity index (χ4v) is 5.73. The van der Waals surface area contributed by atoms with Crippen LogP contribution >= 0.6 is 34.0 Å². The van der Waals surface area contributed by atoms with Crippen molar-refractivity contribution >= 4 is 53.6 Å². The van der Waals surface area contributed by atoms with Crippen LogP contribution in [0.15, 0.2) is 41.8 Å². The Morgan fingerprint density at radius 3 is 2.81 bits per heavy atom. The zero-order valence-corrected chi connectivity index (χ0v) is 13.9. The van der Waals surface area contributed by atoms with Crippen molar-refractivity contribution in [3.8, 4) is 0 Å². The minimum Gasteiger partial charge on any atom is -0.312 e. The van der Waals surface area contributed by atoms with E-state index in [2.05, 4.69) is 47.1 Å². The van der Waals surface area contributed by atoms with E-state index < -0.39 is 0 Å². The Kier molecular flexibility index (Phi) is 3.51. The average Bonchev–Trinajstić information content (AvgIpc) is 3.17. The highest BCUT2D eigenvalue weighted by molar-refractivity contribution is 7.27. The minimum atomic E-state index is 0.343. The summed E-state index contributed by atoms with van der Waals surface area (Å²) < 4.78 is 4.05. The maximum atomic E-state index is 4.75. The number of aromatic nitrogens is 1. The molecule has 0 radical (unpaired) electrons. The summed E-state index contributed by atoms with van der Waals surface area (Å²) in [5, 5.41) is 6.80. The number of hydrogen-bond acceptors (Lipinski definition) is 5. The highest BCUT2D eigenvalue weighted by Crippen LogP contribution is 2.35. The molecular formula is C16H14N2S3. The summed E-state index contributed by atoms with van der Waals surface area (Å²) >= 11 is 5.50. The van der Waals surface area contributed by atoms with Crippen LogP contribution in [0.3, 0.4) is 0 Å². The molecule has 1 aromatic carbocycles. The molecule has 1 unspecified atom stereocenters. The number of fused-ring (bicyclic) bond motifs is 2. The zero-order valence-electron chi connectivity index (χ0n) is 11.5. The lowest BCUT2D eigenvalue weighted by atomic mass is 10.2. The van der Waals surface area contributed by atoms with Crippen molar-refractivity contribution in [3.63, 3.8) is 0 Å². The second kappa shape index (κ2) is 5.50. The van der Waals surface area contributed by atoms with Crippen LogP contribution in [0, 0.1) is 0 Å².